The van der Waals surface area contributed by atoms with Crippen LogP contribution in [0.15, 0.2) is 29.2 Å². The molecule has 12 heavy (non-hydrogen) atoms. The maximum atomic E-state index is 10.9. The minimum absolute atomic E-state index is 0. The molecule has 0 aliphatic carbocycles. The van der Waals surface area contributed by atoms with Crippen molar-refractivity contribution >= 4 is 31.6 Å². The van der Waals surface area contributed by atoms with Crippen molar-refractivity contribution in [2.24, 2.45) is 0 Å². The van der Waals surface area contributed by atoms with Gasteiger partial charge in [0.15, 0.2) is 8.77 Å². The summed E-state index contributed by atoms with van der Waals surface area (Å²) in [5, 5.41) is 0.411. The molecular weight excluding hydrogens is 227 g/mol. The Balaban J connectivity index is 0. The van der Waals surface area contributed by atoms with E-state index in [1.807, 2.05) is 0 Å². The third-order valence-electron chi connectivity index (χ3n) is 1.09. The van der Waals surface area contributed by atoms with Crippen molar-refractivity contribution < 1.29 is 39.7 Å². The summed E-state index contributed by atoms with van der Waals surface area (Å²) < 4.78 is 19.7. The fraction of sp³-hybridized carbons (Fsp3) is 0. The molecule has 0 saturated carbocycles. The Morgan fingerprint density at radius 2 is 2.17 bits per heavy atom. The quantitative estimate of drug-likeness (QED) is 0.634. The van der Waals surface area contributed by atoms with Crippen LogP contribution in [0, 0.1) is 0 Å². The zero-order valence-electron chi connectivity index (χ0n) is 7.36. The largest absolute Gasteiger partial charge is 1.00 e. The topological polar surface area (TPSA) is 37.3 Å². The van der Waals surface area contributed by atoms with Gasteiger partial charge in [0.2, 0.25) is 0 Å². The van der Waals surface area contributed by atoms with Gasteiger partial charge in [0, 0.05) is 16.2 Å². The molecule has 0 aliphatic heterocycles. The normalized spacial score (nSPS) is 14.5. The molecule has 2 nitrogen and oxygen atoms in total. The summed E-state index contributed by atoms with van der Waals surface area (Å²) in [5.74, 6) is 0. The minimum atomic E-state index is -3.28. The van der Waals surface area contributed by atoms with Gasteiger partial charge < -0.3 is 5.98 Å². The Bertz CT molecular complexity index is 369. The van der Waals surface area contributed by atoms with Crippen LogP contribution in [-0.4, -0.2) is 8.76 Å². The van der Waals surface area contributed by atoms with Crippen molar-refractivity contribution in [1.82, 2.24) is 0 Å². The molecule has 0 bridgehead atoms. The monoisotopic (exact) mass is 232 g/mol. The van der Waals surface area contributed by atoms with Crippen molar-refractivity contribution in [3.63, 3.8) is 0 Å². The second-order valence-electron chi connectivity index (χ2n) is 1.93. The van der Waals surface area contributed by atoms with Crippen LogP contribution in [0.1, 0.15) is 1.43 Å². The average Bonchev–Trinajstić information content (AvgIpc) is 1.86. The van der Waals surface area contributed by atoms with E-state index in [-0.39, 0.29) is 35.9 Å². The van der Waals surface area contributed by atoms with Gasteiger partial charge in [-0.2, -0.15) is 0 Å². The van der Waals surface area contributed by atoms with Crippen molar-refractivity contribution in [2.75, 3.05) is 0 Å². The van der Waals surface area contributed by atoms with Crippen LogP contribution >= 0.6 is 11.6 Å². The first kappa shape index (κ1) is 12.8. The van der Waals surface area contributed by atoms with Gasteiger partial charge in [-0.05, 0) is 18.2 Å². The molecule has 0 spiro atoms. The first-order valence-corrected chi connectivity index (χ1v) is 5.55. The predicted octanol–water partition coefficient (Wildman–Crippen LogP) is -0.965. The fourth-order valence-electron chi connectivity index (χ4n) is 0.627. The molecule has 1 aromatic carbocycles. The van der Waals surface area contributed by atoms with Gasteiger partial charge in [-0.25, -0.2) is 4.21 Å². The Kier molecular flexibility index (Phi) is 5.25. The molecule has 0 saturated heterocycles. The van der Waals surface area contributed by atoms with E-state index in [2.05, 4.69) is 11.2 Å². The van der Waals surface area contributed by atoms with Crippen LogP contribution in [0.5, 0.6) is 0 Å². The van der Waals surface area contributed by atoms with Crippen LogP contribution in [0.25, 0.3) is 0 Å². The van der Waals surface area contributed by atoms with Crippen LogP contribution in [-0.2, 0) is 20.0 Å². The summed E-state index contributed by atoms with van der Waals surface area (Å²) in [6, 6.07) is 6.06. The van der Waals surface area contributed by atoms with E-state index in [0.717, 1.165) is 0 Å². The van der Waals surface area contributed by atoms with Crippen LogP contribution < -0.4 is 29.6 Å². The minimum Gasteiger partial charge on any atom is -1.00 e. The van der Waals surface area contributed by atoms with E-state index in [9.17, 15) is 4.21 Å². The Labute approximate surface area is 105 Å². The second kappa shape index (κ2) is 4.91. The molecule has 1 rings (SSSR count). The number of hydrogen-bond acceptors (Lipinski definition) is 2. The molecule has 0 heterocycles. The van der Waals surface area contributed by atoms with Crippen molar-refractivity contribution in [3.8, 4) is 0 Å². The van der Waals surface area contributed by atoms with Gasteiger partial charge in [0.1, 0.15) is 0 Å². The number of hydrogen-bond donors (Lipinski definition) is 1. The predicted molar refractivity (Wildman–Crippen MR) is 49.0 cm³/mol. The first-order valence-electron chi connectivity index (χ1n) is 2.73. The summed E-state index contributed by atoms with van der Waals surface area (Å²) in [4.78, 5) is 0.181. The van der Waals surface area contributed by atoms with Gasteiger partial charge in [-0.1, -0.05) is 17.7 Å². The van der Waals surface area contributed by atoms with E-state index in [1.165, 1.54) is 12.1 Å². The number of rotatable bonds is 1. The summed E-state index contributed by atoms with van der Waals surface area (Å²) in [5.41, 5.74) is 0. The number of benzene rings is 1. The second-order valence-corrected chi connectivity index (χ2v) is 5.15. The zero-order valence-corrected chi connectivity index (χ0v) is 10.7. The first-order chi connectivity index (χ1) is 5.00. The van der Waals surface area contributed by atoms with E-state index < -0.39 is 8.77 Å². The van der Waals surface area contributed by atoms with Gasteiger partial charge in [0.05, 0.1) is 4.90 Å². The van der Waals surface area contributed by atoms with Crippen molar-refractivity contribution in [1.29, 1.82) is 0 Å². The molecule has 6 heteroatoms. The third-order valence-corrected chi connectivity index (χ3v) is 2.76. The summed E-state index contributed by atoms with van der Waals surface area (Å²) >= 11 is 9.90. The van der Waals surface area contributed by atoms with E-state index in [0.29, 0.717) is 5.02 Å². The molecule has 0 amide bonds. The van der Waals surface area contributed by atoms with Crippen LogP contribution in [0.3, 0.4) is 0 Å². The maximum Gasteiger partial charge on any atom is 1.00 e. The maximum absolute atomic E-state index is 10.9. The van der Waals surface area contributed by atoms with Gasteiger partial charge in [-0.3, -0.25) is 0 Å². The van der Waals surface area contributed by atoms with Crippen LogP contribution in [0.2, 0.25) is 5.02 Å². The number of halogens is 1. The van der Waals surface area contributed by atoms with Crippen molar-refractivity contribution in [2.45, 2.75) is 4.90 Å². The average molecular weight is 233 g/mol. The van der Waals surface area contributed by atoms with E-state index >= 15 is 0 Å². The Morgan fingerprint density at radius 3 is 2.50 bits per heavy atom. The SMILES string of the molecule is O=S(O)(=S)c1cccc(Cl)c1.[H-].[Na+]. The molecule has 62 valence electrons. The summed E-state index contributed by atoms with van der Waals surface area (Å²) in [6.07, 6.45) is 0. The zero-order chi connectivity index (χ0) is 8.48. The molecule has 0 fully saturated rings. The summed E-state index contributed by atoms with van der Waals surface area (Å²) in [7, 11) is -3.28. The van der Waals surface area contributed by atoms with Gasteiger partial charge >= 0.3 is 29.6 Å². The van der Waals surface area contributed by atoms with E-state index in [4.69, 9.17) is 16.2 Å². The molecule has 1 atom stereocenters. The van der Waals surface area contributed by atoms with E-state index in [1.54, 1.807) is 12.1 Å². The smallest absolute Gasteiger partial charge is 1.00 e. The molecule has 1 aromatic rings. The molecule has 0 aromatic heterocycles. The Morgan fingerprint density at radius 1 is 1.58 bits per heavy atom. The molecule has 1 unspecified atom stereocenters. The molecule has 0 radical (unpaired) electrons. The van der Waals surface area contributed by atoms with Gasteiger partial charge in [0.25, 0.3) is 0 Å². The van der Waals surface area contributed by atoms with Crippen LogP contribution in [0.4, 0.5) is 0 Å². The fourth-order valence-corrected chi connectivity index (χ4v) is 1.72. The summed E-state index contributed by atoms with van der Waals surface area (Å²) in [6.45, 7) is 0. The Hall–Kier alpha value is 0.840. The molecule has 0 aliphatic rings. The van der Waals surface area contributed by atoms with Gasteiger partial charge in [-0.15, -0.1) is 0 Å². The van der Waals surface area contributed by atoms with Crippen molar-refractivity contribution in [3.05, 3.63) is 29.3 Å². The third kappa shape index (κ3) is 3.70. The standard InChI is InChI=1S/C6H5ClO2S2.Na.H/c7-5-2-1-3-6(4-5)11(8,9)10;;/h1-4H,(H,8,9,10);;/q;+1;-1. The molecular formula is C6H6ClNaO2S2. The molecule has 1 N–H and O–H groups in total.